The van der Waals surface area contributed by atoms with E-state index in [9.17, 15) is 4.79 Å². The molecular formula is C16H24N2O3S. The van der Waals surface area contributed by atoms with Crippen molar-refractivity contribution in [2.75, 3.05) is 19.8 Å². The van der Waals surface area contributed by atoms with E-state index in [1.54, 1.807) is 6.20 Å². The maximum Gasteiger partial charge on any atom is 0.265 e. The molecule has 0 spiro atoms. The van der Waals surface area contributed by atoms with Crippen molar-refractivity contribution >= 4 is 17.2 Å². The number of hydrogen-bond donors (Lipinski definition) is 0. The van der Waals surface area contributed by atoms with Gasteiger partial charge < -0.3 is 14.4 Å². The largest absolute Gasteiger partial charge is 0.344 e. The molecule has 0 bridgehead atoms. The van der Waals surface area contributed by atoms with Gasteiger partial charge in [-0.1, -0.05) is 27.7 Å². The maximum absolute atomic E-state index is 12.8. The Kier molecular flexibility index (Phi) is 4.52. The van der Waals surface area contributed by atoms with E-state index in [2.05, 4.69) is 32.7 Å². The first-order chi connectivity index (χ1) is 10.5. The highest BCUT2D eigenvalue weighted by Gasteiger charge is 2.45. The van der Waals surface area contributed by atoms with E-state index >= 15 is 0 Å². The number of carbonyl (C=O) groups is 1. The molecule has 1 amide bonds. The summed E-state index contributed by atoms with van der Waals surface area (Å²) in [6.45, 7) is 10.9. The van der Waals surface area contributed by atoms with Gasteiger partial charge in [-0.3, -0.25) is 4.79 Å². The first-order valence-electron chi connectivity index (χ1n) is 7.99. The molecule has 0 unspecified atom stereocenters. The fraction of sp³-hybridized carbons (Fsp3) is 0.750. The summed E-state index contributed by atoms with van der Waals surface area (Å²) in [4.78, 5) is 19.7. The second-order valence-electron chi connectivity index (χ2n) is 6.74. The van der Waals surface area contributed by atoms with Crippen molar-refractivity contribution in [3.05, 3.63) is 16.1 Å². The molecule has 1 aromatic heterocycles. The topological polar surface area (TPSA) is 51.7 Å². The van der Waals surface area contributed by atoms with Gasteiger partial charge in [0.05, 0.1) is 19.4 Å². The molecule has 2 saturated heterocycles. The Labute approximate surface area is 135 Å². The number of amides is 1. The molecule has 3 heterocycles. The van der Waals surface area contributed by atoms with E-state index in [0.29, 0.717) is 41.9 Å². The Morgan fingerprint density at radius 1 is 1.27 bits per heavy atom. The van der Waals surface area contributed by atoms with Crippen LogP contribution in [0.1, 0.15) is 48.7 Å². The number of likely N-dealkylation sites (tertiary alicyclic amines) is 1. The van der Waals surface area contributed by atoms with E-state index < -0.39 is 6.29 Å². The number of aromatic nitrogens is 1. The summed E-state index contributed by atoms with van der Waals surface area (Å²) >= 11 is 1.39. The summed E-state index contributed by atoms with van der Waals surface area (Å²) < 4.78 is 10.9. The molecule has 2 aliphatic rings. The van der Waals surface area contributed by atoms with Gasteiger partial charge in [0.15, 0.2) is 0 Å². The van der Waals surface area contributed by atoms with E-state index in [4.69, 9.17) is 9.47 Å². The Hall–Kier alpha value is -0.980. The van der Waals surface area contributed by atoms with Crippen LogP contribution in [-0.4, -0.2) is 41.6 Å². The smallest absolute Gasteiger partial charge is 0.265 e. The van der Waals surface area contributed by atoms with Gasteiger partial charge in [-0.25, -0.2) is 4.98 Å². The number of carbonyl (C=O) groups excluding carboxylic acids is 1. The Bertz CT molecular complexity index is 537. The minimum Gasteiger partial charge on any atom is -0.344 e. The van der Waals surface area contributed by atoms with Crippen LogP contribution in [0.15, 0.2) is 6.20 Å². The third-order valence-electron chi connectivity index (χ3n) is 4.56. The van der Waals surface area contributed by atoms with Crippen molar-refractivity contribution in [3.8, 4) is 0 Å². The average Bonchev–Trinajstić information content (AvgIpc) is 3.07. The van der Waals surface area contributed by atoms with E-state index in [-0.39, 0.29) is 5.91 Å². The lowest BCUT2D eigenvalue weighted by Gasteiger charge is -2.52. The van der Waals surface area contributed by atoms with Crippen molar-refractivity contribution < 1.29 is 14.3 Å². The molecule has 0 saturated carbocycles. The molecule has 0 N–H and O–H groups in total. The van der Waals surface area contributed by atoms with Crippen LogP contribution in [0.5, 0.6) is 0 Å². The van der Waals surface area contributed by atoms with Gasteiger partial charge in [-0.05, 0) is 17.8 Å². The Morgan fingerprint density at radius 2 is 1.95 bits per heavy atom. The second kappa shape index (κ2) is 6.26. The molecule has 0 aromatic carbocycles. The first-order valence-corrected chi connectivity index (χ1v) is 8.80. The number of hydrogen-bond acceptors (Lipinski definition) is 5. The standard InChI is InChI=1S/C16H24N2O3S/c1-9(2)11-8-18(13(11)10(3)4)15(19)12-7-17-14(22-12)16-20-5-6-21-16/h7,9-11,13,16H,5-6,8H2,1-4H3/t11-,13-/m0/s1. The third-order valence-corrected chi connectivity index (χ3v) is 5.57. The lowest BCUT2D eigenvalue weighted by atomic mass is 9.74. The zero-order valence-corrected chi connectivity index (χ0v) is 14.4. The van der Waals surface area contributed by atoms with E-state index in [1.807, 2.05) is 4.90 Å². The SMILES string of the molecule is CC(C)[C@@H]1CN(C(=O)c2cnc(C3OCCO3)s2)[C@H]1C(C)C. The van der Waals surface area contributed by atoms with Crippen LogP contribution in [0.25, 0.3) is 0 Å². The minimum atomic E-state index is -0.396. The highest BCUT2D eigenvalue weighted by molar-refractivity contribution is 7.13. The molecule has 2 fully saturated rings. The first kappa shape index (κ1) is 15.9. The summed E-state index contributed by atoms with van der Waals surface area (Å²) in [5.74, 6) is 1.77. The second-order valence-corrected chi connectivity index (χ2v) is 7.80. The minimum absolute atomic E-state index is 0.0948. The van der Waals surface area contributed by atoms with Gasteiger partial charge in [0.25, 0.3) is 5.91 Å². The Morgan fingerprint density at radius 3 is 2.55 bits per heavy atom. The van der Waals surface area contributed by atoms with E-state index in [1.165, 1.54) is 11.3 Å². The number of thiazole rings is 1. The fourth-order valence-corrected chi connectivity index (χ4v) is 4.24. The van der Waals surface area contributed by atoms with Crippen LogP contribution in [0.2, 0.25) is 0 Å². The van der Waals surface area contributed by atoms with Gasteiger partial charge in [0.1, 0.15) is 9.88 Å². The summed E-state index contributed by atoms with van der Waals surface area (Å²) in [7, 11) is 0. The van der Waals surface area contributed by atoms with Gasteiger partial charge in [-0.15, -0.1) is 11.3 Å². The molecule has 0 aliphatic carbocycles. The number of ether oxygens (including phenoxy) is 2. The molecule has 122 valence electrons. The van der Waals surface area contributed by atoms with Gasteiger partial charge in [0.2, 0.25) is 6.29 Å². The highest BCUT2D eigenvalue weighted by atomic mass is 32.1. The van der Waals surface area contributed by atoms with Crippen LogP contribution in [0.3, 0.4) is 0 Å². The normalized spacial score (nSPS) is 26.0. The summed E-state index contributed by atoms with van der Waals surface area (Å²) in [5, 5.41) is 0.739. The van der Waals surface area contributed by atoms with Gasteiger partial charge in [-0.2, -0.15) is 0 Å². The molecular weight excluding hydrogens is 300 g/mol. The van der Waals surface area contributed by atoms with Crippen molar-refractivity contribution in [3.63, 3.8) is 0 Å². The monoisotopic (exact) mass is 324 g/mol. The molecule has 1 aromatic rings. The molecule has 3 rings (SSSR count). The summed E-state index contributed by atoms with van der Waals surface area (Å²) in [5.41, 5.74) is 0. The van der Waals surface area contributed by atoms with Crippen molar-refractivity contribution in [1.82, 2.24) is 9.88 Å². The lowest BCUT2D eigenvalue weighted by molar-refractivity contribution is -0.0442. The van der Waals surface area contributed by atoms with Crippen LogP contribution in [0.4, 0.5) is 0 Å². The third kappa shape index (κ3) is 2.79. The molecule has 6 heteroatoms. The number of rotatable bonds is 4. The van der Waals surface area contributed by atoms with E-state index in [0.717, 1.165) is 11.6 Å². The fourth-order valence-electron chi connectivity index (χ4n) is 3.37. The average molecular weight is 324 g/mol. The van der Waals surface area contributed by atoms with Gasteiger partial charge in [0, 0.05) is 12.6 Å². The van der Waals surface area contributed by atoms with Gasteiger partial charge >= 0.3 is 0 Å². The maximum atomic E-state index is 12.8. The summed E-state index contributed by atoms with van der Waals surface area (Å²) in [6, 6.07) is 0.331. The van der Waals surface area contributed by atoms with Crippen molar-refractivity contribution in [2.24, 2.45) is 17.8 Å². The van der Waals surface area contributed by atoms with Crippen LogP contribution >= 0.6 is 11.3 Å². The van der Waals surface area contributed by atoms with Crippen LogP contribution in [0, 0.1) is 17.8 Å². The predicted molar refractivity (Wildman–Crippen MR) is 84.7 cm³/mol. The zero-order valence-electron chi connectivity index (χ0n) is 13.6. The van der Waals surface area contributed by atoms with Crippen LogP contribution < -0.4 is 0 Å². The lowest BCUT2D eigenvalue weighted by Crippen LogP contribution is -2.62. The predicted octanol–water partition coefficient (Wildman–Crippen LogP) is 2.94. The molecule has 2 atom stereocenters. The van der Waals surface area contributed by atoms with Crippen molar-refractivity contribution in [1.29, 1.82) is 0 Å². The van der Waals surface area contributed by atoms with Crippen LogP contribution in [-0.2, 0) is 9.47 Å². The quantitative estimate of drug-likeness (QED) is 0.854. The molecule has 22 heavy (non-hydrogen) atoms. The molecule has 0 radical (unpaired) electrons. The zero-order chi connectivity index (χ0) is 15.9. The summed E-state index contributed by atoms with van der Waals surface area (Å²) in [6.07, 6.45) is 1.26. The highest BCUT2D eigenvalue weighted by Crippen LogP contribution is 2.38. The molecule has 2 aliphatic heterocycles. The Balaban J connectivity index is 1.71. The molecule has 5 nitrogen and oxygen atoms in total. The number of nitrogens with zero attached hydrogens (tertiary/aromatic N) is 2. The van der Waals surface area contributed by atoms with Crippen molar-refractivity contribution in [2.45, 2.75) is 40.0 Å².